The van der Waals surface area contributed by atoms with Crippen molar-refractivity contribution in [2.45, 2.75) is 20.4 Å². The highest BCUT2D eigenvalue weighted by atomic mass is 127. The van der Waals surface area contributed by atoms with E-state index in [1.807, 2.05) is 0 Å². The maximum atomic E-state index is 4.62. The number of hydrogen-bond acceptors (Lipinski definition) is 3. The first kappa shape index (κ1) is 21.2. The van der Waals surface area contributed by atoms with Crippen molar-refractivity contribution in [3.8, 4) is 0 Å². The molecule has 24 heavy (non-hydrogen) atoms. The number of halogens is 1. The van der Waals surface area contributed by atoms with Crippen molar-refractivity contribution in [3.63, 3.8) is 0 Å². The summed E-state index contributed by atoms with van der Waals surface area (Å²) in [6.45, 7) is 13.5. The van der Waals surface area contributed by atoms with E-state index in [2.05, 4.69) is 69.6 Å². The van der Waals surface area contributed by atoms with Crippen molar-refractivity contribution < 1.29 is 0 Å². The first-order valence-electron chi connectivity index (χ1n) is 8.82. The molecule has 1 saturated heterocycles. The van der Waals surface area contributed by atoms with Gasteiger partial charge in [-0.2, -0.15) is 0 Å². The second kappa shape index (κ2) is 12.5. The van der Waals surface area contributed by atoms with Crippen molar-refractivity contribution in [1.82, 2.24) is 20.4 Å². The van der Waals surface area contributed by atoms with Crippen LogP contribution in [0.1, 0.15) is 19.4 Å². The average molecular weight is 445 g/mol. The molecule has 1 heterocycles. The molecular formula is C18H32IN5. The fourth-order valence-corrected chi connectivity index (χ4v) is 2.83. The molecule has 2 N–H and O–H groups in total. The maximum Gasteiger partial charge on any atom is 0.191 e. The fraction of sp³-hybridized carbons (Fsp3) is 0.611. The number of guanidine groups is 1. The fourth-order valence-electron chi connectivity index (χ4n) is 2.83. The molecular weight excluding hydrogens is 413 g/mol. The van der Waals surface area contributed by atoms with Crippen LogP contribution >= 0.6 is 24.0 Å². The van der Waals surface area contributed by atoms with E-state index >= 15 is 0 Å². The van der Waals surface area contributed by atoms with E-state index in [1.54, 1.807) is 0 Å². The number of piperazine rings is 1. The lowest BCUT2D eigenvalue weighted by Crippen LogP contribution is -2.46. The summed E-state index contributed by atoms with van der Waals surface area (Å²) >= 11 is 0. The number of nitrogens with one attached hydrogen (secondary N) is 2. The zero-order valence-electron chi connectivity index (χ0n) is 15.0. The summed E-state index contributed by atoms with van der Waals surface area (Å²) in [5.74, 6) is 0.928. The minimum Gasteiger partial charge on any atom is -0.357 e. The van der Waals surface area contributed by atoms with E-state index in [-0.39, 0.29) is 24.0 Å². The molecule has 0 atom stereocenters. The Morgan fingerprint density at radius 1 is 0.958 bits per heavy atom. The third-order valence-corrected chi connectivity index (χ3v) is 4.09. The summed E-state index contributed by atoms with van der Waals surface area (Å²) in [6, 6.07) is 10.7. The van der Waals surface area contributed by atoms with Crippen molar-refractivity contribution >= 4 is 29.9 Å². The molecule has 2 rings (SSSR count). The molecule has 136 valence electrons. The first-order valence-corrected chi connectivity index (χ1v) is 8.82. The molecule has 0 bridgehead atoms. The van der Waals surface area contributed by atoms with Gasteiger partial charge in [-0.3, -0.25) is 14.8 Å². The van der Waals surface area contributed by atoms with Crippen molar-refractivity contribution in [1.29, 1.82) is 0 Å². The van der Waals surface area contributed by atoms with Crippen LogP contribution in [0.3, 0.4) is 0 Å². The van der Waals surface area contributed by atoms with Crippen LogP contribution in [0.4, 0.5) is 0 Å². The molecule has 1 aliphatic rings. The Labute approximate surface area is 163 Å². The van der Waals surface area contributed by atoms with Gasteiger partial charge in [-0.25, -0.2) is 0 Å². The smallest absolute Gasteiger partial charge is 0.191 e. The molecule has 0 radical (unpaired) electrons. The van der Waals surface area contributed by atoms with E-state index < -0.39 is 0 Å². The van der Waals surface area contributed by atoms with Gasteiger partial charge in [0.25, 0.3) is 0 Å². The van der Waals surface area contributed by atoms with Crippen LogP contribution in [0, 0.1) is 0 Å². The molecule has 1 aromatic carbocycles. The quantitative estimate of drug-likeness (QED) is 0.383. The van der Waals surface area contributed by atoms with E-state index in [4.69, 9.17) is 0 Å². The molecule has 0 spiro atoms. The summed E-state index contributed by atoms with van der Waals surface area (Å²) in [6.07, 6.45) is 0. The second-order valence-corrected chi connectivity index (χ2v) is 5.89. The topological polar surface area (TPSA) is 42.9 Å². The predicted molar refractivity (Wildman–Crippen MR) is 113 cm³/mol. The monoisotopic (exact) mass is 445 g/mol. The molecule has 0 amide bonds. The first-order chi connectivity index (χ1) is 11.3. The average Bonchev–Trinajstić information content (AvgIpc) is 2.58. The van der Waals surface area contributed by atoms with Crippen LogP contribution < -0.4 is 10.6 Å². The number of aliphatic imine (C=N–C) groups is 1. The van der Waals surface area contributed by atoms with Crippen LogP contribution in [0.2, 0.25) is 0 Å². The van der Waals surface area contributed by atoms with Crippen molar-refractivity contribution in [3.05, 3.63) is 35.9 Å². The predicted octanol–water partition coefficient (Wildman–Crippen LogP) is 2.00. The van der Waals surface area contributed by atoms with E-state index in [1.165, 1.54) is 5.56 Å². The van der Waals surface area contributed by atoms with Gasteiger partial charge in [-0.15, -0.1) is 24.0 Å². The van der Waals surface area contributed by atoms with Gasteiger partial charge >= 0.3 is 0 Å². The van der Waals surface area contributed by atoms with Gasteiger partial charge in [-0.1, -0.05) is 30.3 Å². The lowest BCUT2D eigenvalue weighted by molar-refractivity contribution is 0.130. The SMILES string of the molecule is CCNC(=NCCN1CCN(Cc2ccccc2)CC1)NCC.I. The standard InChI is InChI=1S/C18H31N5.HI/c1-3-19-18(20-4-2)21-10-11-22-12-14-23(15-13-22)16-17-8-6-5-7-9-17;/h5-9H,3-4,10-16H2,1-2H3,(H2,19,20,21);1H. The lowest BCUT2D eigenvalue weighted by atomic mass is 10.2. The van der Waals surface area contributed by atoms with Crippen LogP contribution in [0.25, 0.3) is 0 Å². The third kappa shape index (κ3) is 7.81. The van der Waals surface area contributed by atoms with Gasteiger partial charge in [0.15, 0.2) is 5.96 Å². The van der Waals surface area contributed by atoms with Gasteiger partial charge in [0.1, 0.15) is 0 Å². The summed E-state index contributed by atoms with van der Waals surface area (Å²) in [5.41, 5.74) is 1.41. The highest BCUT2D eigenvalue weighted by molar-refractivity contribution is 14.0. The largest absolute Gasteiger partial charge is 0.357 e. The maximum absolute atomic E-state index is 4.62. The van der Waals surface area contributed by atoms with E-state index in [0.29, 0.717) is 0 Å². The van der Waals surface area contributed by atoms with Gasteiger partial charge in [0.05, 0.1) is 6.54 Å². The lowest BCUT2D eigenvalue weighted by Gasteiger charge is -2.34. The number of benzene rings is 1. The Balaban J connectivity index is 0.00000288. The zero-order valence-corrected chi connectivity index (χ0v) is 17.3. The summed E-state index contributed by atoms with van der Waals surface area (Å²) < 4.78 is 0. The summed E-state index contributed by atoms with van der Waals surface area (Å²) in [7, 11) is 0. The third-order valence-electron chi connectivity index (χ3n) is 4.09. The molecule has 1 aromatic rings. The van der Waals surface area contributed by atoms with Gasteiger partial charge in [0.2, 0.25) is 0 Å². The molecule has 0 saturated carbocycles. The molecule has 0 aliphatic carbocycles. The molecule has 0 aromatic heterocycles. The Hall–Kier alpha value is -0.860. The van der Waals surface area contributed by atoms with E-state index in [9.17, 15) is 0 Å². The molecule has 0 unspecified atom stereocenters. The Kier molecular flexibility index (Phi) is 11.0. The van der Waals surface area contributed by atoms with Crippen LogP contribution in [0.15, 0.2) is 35.3 Å². The second-order valence-electron chi connectivity index (χ2n) is 5.89. The zero-order chi connectivity index (χ0) is 16.3. The molecule has 5 nitrogen and oxygen atoms in total. The molecule has 1 aliphatic heterocycles. The normalized spacial score (nSPS) is 15.4. The minimum atomic E-state index is 0. The number of nitrogens with zero attached hydrogens (tertiary/aromatic N) is 3. The van der Waals surface area contributed by atoms with Gasteiger partial charge < -0.3 is 10.6 Å². The van der Waals surface area contributed by atoms with Gasteiger partial charge in [0, 0.05) is 52.4 Å². The Morgan fingerprint density at radius 3 is 2.12 bits per heavy atom. The molecule has 1 fully saturated rings. The van der Waals surface area contributed by atoms with Crippen molar-refractivity contribution in [2.75, 3.05) is 52.4 Å². The number of rotatable bonds is 7. The summed E-state index contributed by atoms with van der Waals surface area (Å²) in [4.78, 5) is 9.68. The Bertz CT molecular complexity index is 450. The minimum absolute atomic E-state index is 0. The van der Waals surface area contributed by atoms with Crippen LogP contribution in [0.5, 0.6) is 0 Å². The summed E-state index contributed by atoms with van der Waals surface area (Å²) in [5, 5.41) is 6.54. The molecule has 6 heteroatoms. The van der Waals surface area contributed by atoms with Crippen LogP contribution in [-0.4, -0.2) is 68.1 Å². The Morgan fingerprint density at radius 2 is 1.54 bits per heavy atom. The van der Waals surface area contributed by atoms with Crippen molar-refractivity contribution in [2.24, 2.45) is 4.99 Å². The highest BCUT2D eigenvalue weighted by Crippen LogP contribution is 2.08. The number of hydrogen-bond donors (Lipinski definition) is 2. The van der Waals surface area contributed by atoms with E-state index in [0.717, 1.165) is 64.9 Å². The highest BCUT2D eigenvalue weighted by Gasteiger charge is 2.16. The van der Waals surface area contributed by atoms with Crippen LogP contribution in [-0.2, 0) is 6.54 Å². The van der Waals surface area contributed by atoms with Gasteiger partial charge in [-0.05, 0) is 19.4 Å².